The van der Waals surface area contributed by atoms with Gasteiger partial charge in [0, 0.05) is 16.7 Å². The lowest BCUT2D eigenvalue weighted by molar-refractivity contribution is 0.0686. The van der Waals surface area contributed by atoms with E-state index in [1.165, 1.54) is 30.3 Å². The molecule has 3 aromatic rings. The molecule has 3 N–H and O–H groups in total. The largest absolute Gasteiger partial charge is 0.501 e. The number of benzene rings is 2. The van der Waals surface area contributed by atoms with Crippen molar-refractivity contribution in [2.75, 3.05) is 0 Å². The van der Waals surface area contributed by atoms with Crippen LogP contribution < -0.4 is 5.56 Å². The lowest BCUT2D eigenvalue weighted by atomic mass is 10.0. The Bertz CT molecular complexity index is 1360. The van der Waals surface area contributed by atoms with Gasteiger partial charge in [-0.2, -0.15) is 0 Å². The molecule has 1 aliphatic rings. The van der Waals surface area contributed by atoms with E-state index >= 15 is 0 Å². The zero-order chi connectivity index (χ0) is 20.2. The average Bonchev–Trinajstić information content (AvgIpc) is 2.68. The van der Waals surface area contributed by atoms with Gasteiger partial charge >= 0.3 is 5.97 Å². The number of carbonyl (C=O) groups is 2. The number of hydrogen-bond donors (Lipinski definition) is 3. The molecule has 1 aliphatic heterocycles. The summed E-state index contributed by atoms with van der Waals surface area (Å²) in [6.45, 7) is 0. The third-order valence-corrected chi connectivity index (χ3v) is 6.16. The quantitative estimate of drug-likeness (QED) is 0.455. The van der Waals surface area contributed by atoms with Gasteiger partial charge in [-0.3, -0.25) is 9.59 Å². The van der Waals surface area contributed by atoms with Crippen LogP contribution in [0.3, 0.4) is 0 Å². The van der Waals surface area contributed by atoms with Crippen molar-refractivity contribution in [1.82, 2.24) is 9.97 Å². The molecular formula is C18H10N2O7S. The molecule has 140 valence electrons. The molecule has 28 heavy (non-hydrogen) atoms. The molecule has 0 saturated heterocycles. The second-order valence-corrected chi connectivity index (χ2v) is 7.84. The monoisotopic (exact) mass is 398 g/mol. The highest BCUT2D eigenvalue weighted by atomic mass is 32.2. The van der Waals surface area contributed by atoms with Gasteiger partial charge in [-0.15, -0.1) is 0 Å². The fraction of sp³-hybridized carbons (Fsp3) is 0. The van der Waals surface area contributed by atoms with Gasteiger partial charge in [0.05, 0.1) is 9.79 Å². The van der Waals surface area contributed by atoms with Crippen molar-refractivity contribution in [1.29, 1.82) is 0 Å². The first-order chi connectivity index (χ1) is 13.2. The fourth-order valence-corrected chi connectivity index (χ4v) is 4.66. The van der Waals surface area contributed by atoms with Crippen LogP contribution in [0.25, 0.3) is 11.4 Å². The second kappa shape index (κ2) is 5.86. The first-order valence-corrected chi connectivity index (χ1v) is 9.30. The van der Waals surface area contributed by atoms with Crippen molar-refractivity contribution in [3.63, 3.8) is 0 Å². The molecule has 0 aliphatic carbocycles. The maximum Gasteiger partial charge on any atom is 0.358 e. The molecule has 0 saturated carbocycles. The molecule has 9 nitrogen and oxygen atoms in total. The highest BCUT2D eigenvalue weighted by Crippen LogP contribution is 2.36. The van der Waals surface area contributed by atoms with Crippen molar-refractivity contribution in [3.05, 3.63) is 69.6 Å². The first-order valence-electron chi connectivity index (χ1n) is 7.81. The Morgan fingerprint density at radius 3 is 2.39 bits per heavy atom. The Kier molecular flexibility index (Phi) is 3.69. The van der Waals surface area contributed by atoms with Crippen LogP contribution in [-0.4, -0.2) is 40.4 Å². The van der Waals surface area contributed by atoms with Crippen LogP contribution in [0.5, 0.6) is 5.75 Å². The highest BCUT2D eigenvalue weighted by Gasteiger charge is 2.34. The summed E-state index contributed by atoms with van der Waals surface area (Å²) in [4.78, 5) is 41.0. The van der Waals surface area contributed by atoms with E-state index in [0.717, 1.165) is 6.07 Å². The van der Waals surface area contributed by atoms with E-state index in [9.17, 15) is 27.9 Å². The zero-order valence-electron chi connectivity index (χ0n) is 13.8. The van der Waals surface area contributed by atoms with Crippen molar-refractivity contribution in [2.45, 2.75) is 9.79 Å². The predicted octanol–water partition coefficient (Wildman–Crippen LogP) is 1.22. The van der Waals surface area contributed by atoms with E-state index in [1.54, 1.807) is 6.07 Å². The molecule has 0 spiro atoms. The minimum Gasteiger partial charge on any atom is -0.501 e. The van der Waals surface area contributed by atoms with Crippen LogP contribution in [0.2, 0.25) is 0 Å². The SMILES string of the molecule is O=C1c2ccccc2S(=O)(=O)c2cc(-c3nc(C(=O)O)c(O)c(=O)[nH]3)ccc21. The molecule has 4 rings (SSSR count). The molecule has 0 fully saturated rings. The summed E-state index contributed by atoms with van der Waals surface area (Å²) in [5.41, 5.74) is -1.88. The second-order valence-electron chi connectivity index (χ2n) is 5.96. The van der Waals surface area contributed by atoms with Crippen LogP contribution >= 0.6 is 0 Å². The van der Waals surface area contributed by atoms with Gasteiger partial charge in [0.15, 0.2) is 11.5 Å². The predicted molar refractivity (Wildman–Crippen MR) is 94.2 cm³/mol. The van der Waals surface area contributed by atoms with Gasteiger partial charge < -0.3 is 15.2 Å². The van der Waals surface area contributed by atoms with Gasteiger partial charge in [-0.1, -0.05) is 18.2 Å². The number of aromatic hydroxyl groups is 1. The van der Waals surface area contributed by atoms with Crippen molar-refractivity contribution >= 4 is 21.6 Å². The molecule has 2 aromatic carbocycles. The molecule has 0 unspecified atom stereocenters. The van der Waals surface area contributed by atoms with Crippen LogP contribution in [0.15, 0.2) is 57.1 Å². The van der Waals surface area contributed by atoms with Crippen LogP contribution in [0, 0.1) is 0 Å². The molecule has 0 amide bonds. The number of carboxylic acids is 1. The third-order valence-electron chi connectivity index (χ3n) is 4.31. The minimum absolute atomic E-state index is 0.0398. The van der Waals surface area contributed by atoms with Crippen molar-refractivity contribution in [3.8, 4) is 17.1 Å². The number of carboxylic acid groups (broad SMARTS) is 1. The zero-order valence-corrected chi connectivity index (χ0v) is 14.6. The highest BCUT2D eigenvalue weighted by molar-refractivity contribution is 7.91. The van der Waals surface area contributed by atoms with Gasteiger partial charge in [0.1, 0.15) is 5.82 Å². The summed E-state index contributed by atoms with van der Waals surface area (Å²) < 4.78 is 25.9. The molecule has 10 heteroatoms. The number of rotatable bonds is 2. The molecule has 0 atom stereocenters. The summed E-state index contributed by atoms with van der Waals surface area (Å²) >= 11 is 0. The Morgan fingerprint density at radius 1 is 1.00 bits per heavy atom. The summed E-state index contributed by atoms with van der Waals surface area (Å²) in [6.07, 6.45) is 0. The molecule has 0 bridgehead atoms. The van der Waals surface area contributed by atoms with Gasteiger partial charge in [0.25, 0.3) is 5.56 Å². The average molecular weight is 398 g/mol. The topological polar surface area (TPSA) is 154 Å². The summed E-state index contributed by atoms with van der Waals surface area (Å²) in [6, 6.07) is 9.54. The Hall–Kier alpha value is -3.79. The molecule has 1 aromatic heterocycles. The first kappa shape index (κ1) is 17.6. The van der Waals surface area contributed by atoms with E-state index in [1.807, 2.05) is 0 Å². The number of aromatic amines is 1. The minimum atomic E-state index is -4.02. The lowest BCUT2D eigenvalue weighted by Gasteiger charge is -2.19. The number of carbonyl (C=O) groups excluding carboxylic acids is 1. The van der Waals surface area contributed by atoms with Crippen molar-refractivity contribution < 1.29 is 28.2 Å². The summed E-state index contributed by atoms with van der Waals surface area (Å²) in [5.74, 6) is -3.42. The van der Waals surface area contributed by atoms with Gasteiger partial charge in [-0.25, -0.2) is 18.2 Å². The molecule has 0 radical (unpaired) electrons. The van der Waals surface area contributed by atoms with Crippen molar-refractivity contribution in [2.24, 2.45) is 0 Å². The smallest absolute Gasteiger partial charge is 0.358 e. The number of sulfone groups is 1. The third kappa shape index (κ3) is 2.42. The Morgan fingerprint density at radius 2 is 1.68 bits per heavy atom. The maximum atomic E-state index is 12.9. The number of ketones is 1. The number of fused-ring (bicyclic) bond motifs is 2. The number of aromatic nitrogens is 2. The fourth-order valence-electron chi connectivity index (χ4n) is 2.98. The van der Waals surface area contributed by atoms with Crippen LogP contribution in [-0.2, 0) is 9.84 Å². The van der Waals surface area contributed by atoms with E-state index in [4.69, 9.17) is 5.11 Å². The standard InChI is InChI=1S/C18H10N2O7S/c21-14-9-3-1-2-4-11(9)28(26,27)12-7-8(5-6-10(12)14)16-19-13(18(24)25)15(22)17(23)20-16/h1-7,22H,(H,24,25)(H,19,20,23). The van der Waals surface area contributed by atoms with E-state index in [2.05, 4.69) is 9.97 Å². The normalized spacial score (nSPS) is 14.2. The number of nitrogens with zero attached hydrogens (tertiary/aromatic N) is 1. The number of aromatic carboxylic acids is 1. The number of hydrogen-bond acceptors (Lipinski definition) is 7. The number of H-pyrrole nitrogens is 1. The van der Waals surface area contributed by atoms with Crippen LogP contribution in [0.4, 0.5) is 0 Å². The Labute approximate surface area is 156 Å². The summed E-state index contributed by atoms with van der Waals surface area (Å²) in [7, 11) is -4.02. The maximum absolute atomic E-state index is 12.9. The molecular weight excluding hydrogens is 388 g/mol. The van der Waals surface area contributed by atoms with E-state index < -0.39 is 38.6 Å². The van der Waals surface area contributed by atoms with Gasteiger partial charge in [-0.05, 0) is 24.3 Å². The van der Waals surface area contributed by atoms with Crippen LogP contribution in [0.1, 0.15) is 26.4 Å². The molecule has 2 heterocycles. The number of nitrogens with one attached hydrogen (secondary N) is 1. The van der Waals surface area contributed by atoms with Gasteiger partial charge in [0.2, 0.25) is 15.6 Å². The lowest BCUT2D eigenvalue weighted by Crippen LogP contribution is -2.20. The summed E-state index contributed by atoms with van der Waals surface area (Å²) in [5, 5.41) is 18.6. The van der Waals surface area contributed by atoms with E-state index in [-0.39, 0.29) is 32.3 Å². The van der Waals surface area contributed by atoms with E-state index in [0.29, 0.717) is 0 Å². The Balaban J connectivity index is 1.97.